The van der Waals surface area contributed by atoms with Crippen molar-refractivity contribution in [3.05, 3.63) is 35.9 Å². The topological polar surface area (TPSA) is 15.3 Å². The van der Waals surface area contributed by atoms with E-state index in [2.05, 4.69) is 61.6 Å². The maximum Gasteiger partial charge on any atom is 0.0411 e. The van der Waals surface area contributed by atoms with Gasteiger partial charge in [-0.2, -0.15) is 11.8 Å². The molecule has 0 saturated heterocycles. The van der Waals surface area contributed by atoms with Gasteiger partial charge in [-0.15, -0.1) is 0 Å². The minimum absolute atomic E-state index is 0.485. The standard InChI is InChI=1S/C15H26N2S/c1-4-10-16-15(13-18-12-11-17(2)3)14-8-6-5-7-9-14/h5-9,15-16H,4,10-13H2,1-3H3. The Labute approximate surface area is 116 Å². The molecule has 0 radical (unpaired) electrons. The van der Waals surface area contributed by atoms with Crippen LogP contribution >= 0.6 is 11.8 Å². The summed E-state index contributed by atoms with van der Waals surface area (Å²) in [4.78, 5) is 2.24. The van der Waals surface area contributed by atoms with Crippen molar-refractivity contribution in [2.45, 2.75) is 19.4 Å². The highest BCUT2D eigenvalue weighted by atomic mass is 32.2. The first-order valence-corrected chi connectivity index (χ1v) is 7.90. The largest absolute Gasteiger partial charge is 0.309 e. The second-order valence-corrected chi connectivity index (χ2v) is 5.95. The van der Waals surface area contributed by atoms with Crippen LogP contribution in [0.3, 0.4) is 0 Å². The molecule has 0 aliphatic rings. The van der Waals surface area contributed by atoms with Gasteiger partial charge in [-0.05, 0) is 32.6 Å². The highest BCUT2D eigenvalue weighted by molar-refractivity contribution is 7.99. The molecule has 0 saturated carbocycles. The lowest BCUT2D eigenvalue weighted by molar-refractivity contribution is 0.437. The summed E-state index contributed by atoms with van der Waals surface area (Å²) < 4.78 is 0. The quantitative estimate of drug-likeness (QED) is 0.692. The van der Waals surface area contributed by atoms with E-state index in [1.807, 2.05) is 11.8 Å². The number of rotatable bonds is 9. The predicted molar refractivity (Wildman–Crippen MR) is 83.4 cm³/mol. The monoisotopic (exact) mass is 266 g/mol. The van der Waals surface area contributed by atoms with Crippen LogP contribution in [-0.2, 0) is 0 Å². The van der Waals surface area contributed by atoms with Crippen molar-refractivity contribution in [3.8, 4) is 0 Å². The Morgan fingerprint density at radius 3 is 2.56 bits per heavy atom. The molecule has 0 bridgehead atoms. The van der Waals surface area contributed by atoms with Crippen molar-refractivity contribution in [1.29, 1.82) is 0 Å². The van der Waals surface area contributed by atoms with Crippen molar-refractivity contribution in [1.82, 2.24) is 10.2 Å². The molecular weight excluding hydrogens is 240 g/mol. The zero-order chi connectivity index (χ0) is 13.2. The first kappa shape index (κ1) is 15.5. The Morgan fingerprint density at radius 1 is 1.22 bits per heavy atom. The molecule has 1 aromatic rings. The zero-order valence-electron chi connectivity index (χ0n) is 11.9. The molecule has 3 heteroatoms. The number of nitrogens with zero attached hydrogens (tertiary/aromatic N) is 1. The molecule has 0 aliphatic carbocycles. The lowest BCUT2D eigenvalue weighted by Crippen LogP contribution is -2.24. The molecule has 0 aromatic heterocycles. The second kappa shape index (κ2) is 9.42. The third kappa shape index (κ3) is 6.43. The van der Waals surface area contributed by atoms with E-state index in [9.17, 15) is 0 Å². The molecule has 1 atom stereocenters. The summed E-state index contributed by atoms with van der Waals surface area (Å²) in [5, 5.41) is 3.64. The molecule has 0 heterocycles. The van der Waals surface area contributed by atoms with Gasteiger partial charge >= 0.3 is 0 Å². The number of benzene rings is 1. The van der Waals surface area contributed by atoms with Gasteiger partial charge in [0, 0.05) is 24.1 Å². The van der Waals surface area contributed by atoms with Crippen LogP contribution in [0, 0.1) is 0 Å². The van der Waals surface area contributed by atoms with E-state index in [0.29, 0.717) is 6.04 Å². The van der Waals surface area contributed by atoms with Crippen LogP contribution in [0.2, 0.25) is 0 Å². The number of hydrogen-bond donors (Lipinski definition) is 1. The molecule has 18 heavy (non-hydrogen) atoms. The lowest BCUT2D eigenvalue weighted by atomic mass is 10.1. The normalized spacial score (nSPS) is 12.9. The smallest absolute Gasteiger partial charge is 0.0411 e. The first-order chi connectivity index (χ1) is 8.74. The molecule has 0 fully saturated rings. The van der Waals surface area contributed by atoms with E-state index < -0.39 is 0 Å². The Bertz CT molecular complexity index is 301. The fourth-order valence-corrected chi connectivity index (χ4v) is 2.93. The molecule has 1 rings (SSSR count). The van der Waals surface area contributed by atoms with Crippen molar-refractivity contribution in [2.24, 2.45) is 0 Å². The van der Waals surface area contributed by atoms with E-state index in [4.69, 9.17) is 0 Å². The molecule has 0 spiro atoms. The molecule has 1 aromatic carbocycles. The van der Waals surface area contributed by atoms with Gasteiger partial charge in [-0.3, -0.25) is 0 Å². The summed E-state index contributed by atoms with van der Waals surface area (Å²) >= 11 is 2.03. The van der Waals surface area contributed by atoms with Crippen LogP contribution in [0.4, 0.5) is 0 Å². The second-order valence-electron chi connectivity index (χ2n) is 4.80. The summed E-state index contributed by atoms with van der Waals surface area (Å²) in [6.45, 7) is 4.46. The lowest BCUT2D eigenvalue weighted by Gasteiger charge is -2.19. The molecular formula is C15H26N2S. The molecule has 1 N–H and O–H groups in total. The molecule has 0 aliphatic heterocycles. The van der Waals surface area contributed by atoms with Crippen molar-refractivity contribution >= 4 is 11.8 Å². The fraction of sp³-hybridized carbons (Fsp3) is 0.600. The first-order valence-electron chi connectivity index (χ1n) is 6.74. The van der Waals surface area contributed by atoms with Crippen LogP contribution < -0.4 is 5.32 Å². The Balaban J connectivity index is 2.41. The molecule has 0 amide bonds. The number of thioether (sulfide) groups is 1. The molecule has 102 valence electrons. The van der Waals surface area contributed by atoms with Crippen LogP contribution in [0.25, 0.3) is 0 Å². The highest BCUT2D eigenvalue weighted by Gasteiger charge is 2.09. The minimum Gasteiger partial charge on any atom is -0.309 e. The molecule has 1 unspecified atom stereocenters. The van der Waals surface area contributed by atoms with Gasteiger partial charge in [-0.25, -0.2) is 0 Å². The van der Waals surface area contributed by atoms with E-state index in [1.165, 1.54) is 17.7 Å². The zero-order valence-corrected chi connectivity index (χ0v) is 12.7. The third-order valence-corrected chi connectivity index (χ3v) is 3.85. The summed E-state index contributed by atoms with van der Waals surface area (Å²) in [6, 6.07) is 11.3. The average molecular weight is 266 g/mol. The van der Waals surface area contributed by atoms with Gasteiger partial charge in [-0.1, -0.05) is 37.3 Å². The van der Waals surface area contributed by atoms with Crippen LogP contribution in [0.15, 0.2) is 30.3 Å². The summed E-state index contributed by atoms with van der Waals surface area (Å²) in [5.74, 6) is 2.35. The fourth-order valence-electron chi connectivity index (χ4n) is 1.73. The van der Waals surface area contributed by atoms with Gasteiger partial charge < -0.3 is 10.2 Å². The van der Waals surface area contributed by atoms with Gasteiger partial charge in [0.1, 0.15) is 0 Å². The van der Waals surface area contributed by atoms with Crippen molar-refractivity contribution in [3.63, 3.8) is 0 Å². The van der Waals surface area contributed by atoms with E-state index in [-0.39, 0.29) is 0 Å². The summed E-state index contributed by atoms with van der Waals surface area (Å²) in [7, 11) is 4.26. The Morgan fingerprint density at radius 2 is 1.94 bits per heavy atom. The number of nitrogens with one attached hydrogen (secondary N) is 1. The van der Waals surface area contributed by atoms with Gasteiger partial charge in [0.2, 0.25) is 0 Å². The maximum absolute atomic E-state index is 3.64. The highest BCUT2D eigenvalue weighted by Crippen LogP contribution is 2.18. The SMILES string of the molecule is CCCNC(CSCCN(C)C)c1ccccc1. The maximum atomic E-state index is 3.64. The van der Waals surface area contributed by atoms with E-state index >= 15 is 0 Å². The van der Waals surface area contributed by atoms with Crippen molar-refractivity contribution < 1.29 is 0 Å². The van der Waals surface area contributed by atoms with Gasteiger partial charge in [0.25, 0.3) is 0 Å². The molecule has 2 nitrogen and oxygen atoms in total. The van der Waals surface area contributed by atoms with Gasteiger partial charge in [0.05, 0.1) is 0 Å². The third-order valence-electron chi connectivity index (χ3n) is 2.81. The van der Waals surface area contributed by atoms with Crippen LogP contribution in [-0.4, -0.2) is 43.6 Å². The number of hydrogen-bond acceptors (Lipinski definition) is 3. The predicted octanol–water partition coefficient (Wildman–Crippen LogP) is 3.02. The summed E-state index contributed by atoms with van der Waals surface area (Å²) in [6.07, 6.45) is 1.19. The summed E-state index contributed by atoms with van der Waals surface area (Å²) in [5.41, 5.74) is 1.41. The minimum atomic E-state index is 0.485. The van der Waals surface area contributed by atoms with Crippen molar-refractivity contribution in [2.75, 3.05) is 38.7 Å². The van der Waals surface area contributed by atoms with Crippen LogP contribution in [0.5, 0.6) is 0 Å². The van der Waals surface area contributed by atoms with E-state index in [1.54, 1.807) is 0 Å². The van der Waals surface area contributed by atoms with Gasteiger partial charge in [0.15, 0.2) is 0 Å². The Kier molecular flexibility index (Phi) is 8.14. The average Bonchev–Trinajstić information content (AvgIpc) is 2.38. The Hall–Kier alpha value is -0.510. The van der Waals surface area contributed by atoms with E-state index in [0.717, 1.165) is 18.8 Å². The van der Waals surface area contributed by atoms with Crippen LogP contribution in [0.1, 0.15) is 24.9 Å².